The van der Waals surface area contributed by atoms with E-state index in [4.69, 9.17) is 9.15 Å². The summed E-state index contributed by atoms with van der Waals surface area (Å²) in [5.41, 5.74) is 0.205. The number of esters is 1. The molecular formula is C20H15F4NO3. The van der Waals surface area contributed by atoms with Crippen LogP contribution in [-0.4, -0.2) is 17.6 Å². The van der Waals surface area contributed by atoms with Gasteiger partial charge in [0.05, 0.1) is 24.3 Å². The first-order valence-electron chi connectivity index (χ1n) is 8.37. The van der Waals surface area contributed by atoms with E-state index < -0.39 is 23.5 Å². The summed E-state index contributed by atoms with van der Waals surface area (Å²) in [6, 6.07) is 9.67. The second-order valence-corrected chi connectivity index (χ2v) is 5.86. The van der Waals surface area contributed by atoms with E-state index in [1.807, 2.05) is 0 Å². The van der Waals surface area contributed by atoms with Crippen molar-refractivity contribution >= 4 is 5.97 Å². The predicted molar refractivity (Wildman–Crippen MR) is 92.7 cm³/mol. The molecule has 0 amide bonds. The van der Waals surface area contributed by atoms with Crippen molar-refractivity contribution in [3.8, 4) is 22.8 Å². The highest BCUT2D eigenvalue weighted by Gasteiger charge is 2.30. The van der Waals surface area contributed by atoms with Gasteiger partial charge in [-0.3, -0.25) is 4.79 Å². The molecule has 0 bridgehead atoms. The third kappa shape index (κ3) is 4.39. The van der Waals surface area contributed by atoms with E-state index in [-0.39, 0.29) is 30.4 Å². The topological polar surface area (TPSA) is 52.3 Å². The summed E-state index contributed by atoms with van der Waals surface area (Å²) < 4.78 is 62.1. The van der Waals surface area contributed by atoms with Crippen LogP contribution in [0.5, 0.6) is 0 Å². The lowest BCUT2D eigenvalue weighted by Crippen LogP contribution is -2.08. The summed E-state index contributed by atoms with van der Waals surface area (Å²) in [4.78, 5) is 16.1. The van der Waals surface area contributed by atoms with Crippen molar-refractivity contribution in [2.45, 2.75) is 19.5 Å². The Morgan fingerprint density at radius 2 is 1.64 bits per heavy atom. The van der Waals surface area contributed by atoms with E-state index in [1.165, 1.54) is 36.4 Å². The quantitative estimate of drug-likeness (QED) is 0.438. The molecule has 0 radical (unpaired) electrons. The molecule has 0 unspecified atom stereocenters. The molecule has 3 rings (SSSR count). The predicted octanol–water partition coefficient (Wildman–Crippen LogP) is 5.27. The maximum atomic E-state index is 13.1. The van der Waals surface area contributed by atoms with Crippen LogP contribution in [0.3, 0.4) is 0 Å². The first-order chi connectivity index (χ1) is 13.3. The molecule has 146 valence electrons. The van der Waals surface area contributed by atoms with Crippen LogP contribution in [-0.2, 0) is 22.1 Å². The van der Waals surface area contributed by atoms with Crippen LogP contribution in [0.15, 0.2) is 52.9 Å². The number of nitrogens with zero attached hydrogens (tertiary/aromatic N) is 1. The van der Waals surface area contributed by atoms with Crippen LogP contribution in [0.1, 0.15) is 18.2 Å². The van der Waals surface area contributed by atoms with Gasteiger partial charge in [-0.2, -0.15) is 13.2 Å². The van der Waals surface area contributed by atoms with Gasteiger partial charge in [-0.25, -0.2) is 9.37 Å². The molecule has 3 aromatic rings. The maximum Gasteiger partial charge on any atom is 0.416 e. The van der Waals surface area contributed by atoms with Crippen molar-refractivity contribution in [3.05, 3.63) is 65.6 Å². The normalized spacial score (nSPS) is 11.5. The molecule has 1 heterocycles. The highest BCUT2D eigenvalue weighted by atomic mass is 19.4. The van der Waals surface area contributed by atoms with Crippen LogP contribution in [0.2, 0.25) is 0 Å². The molecule has 0 atom stereocenters. The summed E-state index contributed by atoms with van der Waals surface area (Å²) in [5, 5.41) is 0. The summed E-state index contributed by atoms with van der Waals surface area (Å²) in [6.07, 6.45) is -4.68. The Morgan fingerprint density at radius 1 is 1.04 bits per heavy atom. The van der Waals surface area contributed by atoms with Gasteiger partial charge in [-0.15, -0.1) is 0 Å². The fourth-order valence-electron chi connectivity index (χ4n) is 2.57. The third-order valence-corrected chi connectivity index (χ3v) is 3.88. The van der Waals surface area contributed by atoms with Crippen LogP contribution in [0.4, 0.5) is 17.6 Å². The monoisotopic (exact) mass is 393 g/mol. The number of carbonyl (C=O) groups excluding carboxylic acids is 1. The van der Waals surface area contributed by atoms with Gasteiger partial charge >= 0.3 is 12.1 Å². The van der Waals surface area contributed by atoms with Crippen molar-refractivity contribution in [2.24, 2.45) is 0 Å². The lowest BCUT2D eigenvalue weighted by atomic mass is 10.1. The zero-order valence-electron chi connectivity index (χ0n) is 14.7. The van der Waals surface area contributed by atoms with E-state index in [0.717, 1.165) is 12.1 Å². The second kappa shape index (κ2) is 7.84. The number of alkyl halides is 3. The third-order valence-electron chi connectivity index (χ3n) is 3.88. The van der Waals surface area contributed by atoms with Gasteiger partial charge < -0.3 is 9.15 Å². The van der Waals surface area contributed by atoms with E-state index in [1.54, 1.807) is 6.92 Å². The number of halogens is 4. The van der Waals surface area contributed by atoms with Gasteiger partial charge in [0, 0.05) is 11.1 Å². The Hall–Kier alpha value is -3.16. The molecule has 0 fully saturated rings. The minimum absolute atomic E-state index is 0.120. The van der Waals surface area contributed by atoms with Gasteiger partial charge in [-0.05, 0) is 43.3 Å². The molecule has 2 aromatic carbocycles. The standard InChI is InChI=1S/C20H15F4NO3/c1-2-27-17(26)11-16-18(12-3-7-14(8-4-12)20(22,23)24)28-19(25-16)13-5-9-15(21)10-6-13/h3-10H,2,11H2,1H3. The van der Waals surface area contributed by atoms with Crippen LogP contribution in [0.25, 0.3) is 22.8 Å². The fourth-order valence-corrected chi connectivity index (χ4v) is 2.57. The molecule has 0 aliphatic carbocycles. The molecule has 0 N–H and O–H groups in total. The van der Waals surface area contributed by atoms with E-state index in [2.05, 4.69) is 4.98 Å². The molecule has 0 saturated carbocycles. The Morgan fingerprint density at radius 3 is 2.21 bits per heavy atom. The van der Waals surface area contributed by atoms with Crippen LogP contribution in [0, 0.1) is 5.82 Å². The summed E-state index contributed by atoms with van der Waals surface area (Å²) >= 11 is 0. The zero-order chi connectivity index (χ0) is 20.3. The first-order valence-corrected chi connectivity index (χ1v) is 8.37. The highest BCUT2D eigenvalue weighted by Crippen LogP contribution is 2.34. The van der Waals surface area contributed by atoms with E-state index in [9.17, 15) is 22.4 Å². The Labute approximate surface area is 157 Å². The minimum Gasteiger partial charge on any atom is -0.466 e. The second-order valence-electron chi connectivity index (χ2n) is 5.86. The van der Waals surface area contributed by atoms with E-state index in [0.29, 0.717) is 11.1 Å². The number of ether oxygens (including phenoxy) is 1. The van der Waals surface area contributed by atoms with Gasteiger partial charge in [0.1, 0.15) is 5.82 Å². The highest BCUT2D eigenvalue weighted by molar-refractivity contribution is 5.76. The average molecular weight is 393 g/mol. The largest absolute Gasteiger partial charge is 0.466 e. The number of hydrogen-bond donors (Lipinski definition) is 0. The maximum absolute atomic E-state index is 13.1. The molecule has 0 aliphatic heterocycles. The Balaban J connectivity index is 2.02. The van der Waals surface area contributed by atoms with Gasteiger partial charge in [0.25, 0.3) is 0 Å². The Kier molecular flexibility index (Phi) is 5.48. The van der Waals surface area contributed by atoms with Crippen LogP contribution >= 0.6 is 0 Å². The van der Waals surface area contributed by atoms with Crippen molar-refractivity contribution < 1.29 is 31.5 Å². The molecule has 28 heavy (non-hydrogen) atoms. The number of carbonyl (C=O) groups is 1. The summed E-state index contributed by atoms with van der Waals surface area (Å²) in [7, 11) is 0. The van der Waals surface area contributed by atoms with Crippen molar-refractivity contribution in [1.82, 2.24) is 4.98 Å². The number of aromatic nitrogens is 1. The average Bonchev–Trinajstić information content (AvgIpc) is 3.05. The smallest absolute Gasteiger partial charge is 0.416 e. The molecule has 8 heteroatoms. The lowest BCUT2D eigenvalue weighted by molar-refractivity contribution is -0.142. The molecular weight excluding hydrogens is 378 g/mol. The number of benzene rings is 2. The lowest BCUT2D eigenvalue weighted by Gasteiger charge is -2.07. The molecule has 4 nitrogen and oxygen atoms in total. The van der Waals surface area contributed by atoms with E-state index >= 15 is 0 Å². The number of oxazole rings is 1. The molecule has 0 spiro atoms. The zero-order valence-corrected chi connectivity index (χ0v) is 14.7. The van der Waals surface area contributed by atoms with Gasteiger partial charge in [-0.1, -0.05) is 12.1 Å². The molecule has 1 aromatic heterocycles. The Bertz CT molecular complexity index is 961. The van der Waals surface area contributed by atoms with Crippen LogP contribution < -0.4 is 0 Å². The molecule has 0 aliphatic rings. The number of rotatable bonds is 5. The molecule has 0 saturated heterocycles. The summed E-state index contributed by atoms with van der Waals surface area (Å²) in [6.45, 7) is 1.83. The van der Waals surface area contributed by atoms with Crippen molar-refractivity contribution in [2.75, 3.05) is 6.61 Å². The van der Waals surface area contributed by atoms with Crippen molar-refractivity contribution in [1.29, 1.82) is 0 Å². The van der Waals surface area contributed by atoms with Crippen molar-refractivity contribution in [3.63, 3.8) is 0 Å². The number of hydrogen-bond acceptors (Lipinski definition) is 4. The minimum atomic E-state index is -4.47. The fraction of sp³-hybridized carbons (Fsp3) is 0.200. The SMILES string of the molecule is CCOC(=O)Cc1nc(-c2ccc(F)cc2)oc1-c1ccc(C(F)(F)F)cc1. The summed E-state index contributed by atoms with van der Waals surface area (Å²) in [5.74, 6) is -0.713. The van der Waals surface area contributed by atoms with Gasteiger partial charge in [0.15, 0.2) is 5.76 Å². The first kappa shape index (κ1) is 19.6. The van der Waals surface area contributed by atoms with Gasteiger partial charge in [0.2, 0.25) is 5.89 Å².